The van der Waals surface area contributed by atoms with E-state index < -0.39 is 0 Å². The zero-order valence-electron chi connectivity index (χ0n) is 9.47. The Kier molecular flexibility index (Phi) is 2.41. The van der Waals surface area contributed by atoms with Crippen LogP contribution in [0.2, 0.25) is 0 Å². The highest BCUT2D eigenvalue weighted by atomic mass is 19.1. The van der Waals surface area contributed by atoms with E-state index in [1.807, 2.05) is 6.07 Å². The minimum absolute atomic E-state index is 0.256. The van der Waals surface area contributed by atoms with Crippen LogP contribution in [0.15, 0.2) is 48.9 Å². The molecule has 0 radical (unpaired) electrons. The van der Waals surface area contributed by atoms with Gasteiger partial charge in [0.15, 0.2) is 0 Å². The lowest BCUT2D eigenvalue weighted by Crippen LogP contribution is -1.94. The number of nitrogen functional groups attached to an aromatic ring is 1. The number of benzene rings is 1. The molecule has 0 unspecified atom stereocenters. The second-order valence-corrected chi connectivity index (χ2v) is 3.99. The highest BCUT2D eigenvalue weighted by Gasteiger charge is 2.07. The van der Waals surface area contributed by atoms with Crippen LogP contribution in [0.3, 0.4) is 0 Å². The van der Waals surface area contributed by atoms with Gasteiger partial charge in [0.25, 0.3) is 0 Å². The third-order valence-corrected chi connectivity index (χ3v) is 2.88. The molecule has 0 spiro atoms. The first kappa shape index (κ1) is 10.7. The molecule has 0 atom stereocenters. The summed E-state index contributed by atoms with van der Waals surface area (Å²) in [4.78, 5) is 8.19. The molecule has 0 saturated carbocycles. The van der Waals surface area contributed by atoms with Crippen molar-refractivity contribution in [3.8, 4) is 11.1 Å². The monoisotopic (exact) mass is 239 g/mol. The molecule has 3 aromatic rings. The van der Waals surface area contributed by atoms with Gasteiger partial charge in [0, 0.05) is 29.5 Å². The van der Waals surface area contributed by atoms with Crippen molar-refractivity contribution >= 4 is 16.6 Å². The van der Waals surface area contributed by atoms with Crippen LogP contribution in [0.4, 0.5) is 10.2 Å². The van der Waals surface area contributed by atoms with Crippen molar-refractivity contribution < 1.29 is 4.39 Å². The van der Waals surface area contributed by atoms with Gasteiger partial charge in [0.2, 0.25) is 0 Å². The van der Waals surface area contributed by atoms with Gasteiger partial charge in [-0.3, -0.25) is 4.98 Å². The molecule has 0 aliphatic heterocycles. The molecule has 3 nitrogen and oxygen atoms in total. The van der Waals surface area contributed by atoms with E-state index in [1.54, 1.807) is 30.7 Å². The van der Waals surface area contributed by atoms with Gasteiger partial charge in [-0.15, -0.1) is 0 Å². The van der Waals surface area contributed by atoms with Crippen molar-refractivity contribution in [1.29, 1.82) is 0 Å². The Morgan fingerprint density at radius 3 is 2.50 bits per heavy atom. The van der Waals surface area contributed by atoms with Gasteiger partial charge >= 0.3 is 0 Å². The van der Waals surface area contributed by atoms with Crippen LogP contribution in [0.5, 0.6) is 0 Å². The van der Waals surface area contributed by atoms with E-state index in [2.05, 4.69) is 9.97 Å². The number of hydrogen-bond acceptors (Lipinski definition) is 3. The van der Waals surface area contributed by atoms with Crippen molar-refractivity contribution in [3.63, 3.8) is 0 Å². The maximum atomic E-state index is 12.9. The second-order valence-electron chi connectivity index (χ2n) is 3.99. The summed E-state index contributed by atoms with van der Waals surface area (Å²) < 4.78 is 12.9. The first-order valence-corrected chi connectivity index (χ1v) is 5.50. The normalized spacial score (nSPS) is 10.7. The van der Waals surface area contributed by atoms with Crippen molar-refractivity contribution in [1.82, 2.24) is 9.97 Å². The lowest BCUT2D eigenvalue weighted by atomic mass is 10.0. The molecule has 2 aromatic heterocycles. The summed E-state index contributed by atoms with van der Waals surface area (Å²) in [5.74, 6) is 0.192. The molecular formula is C14H10FN3. The molecule has 4 heteroatoms. The average Bonchev–Trinajstić information content (AvgIpc) is 2.41. The zero-order valence-corrected chi connectivity index (χ0v) is 9.47. The van der Waals surface area contributed by atoms with Crippen LogP contribution in [0.25, 0.3) is 21.9 Å². The van der Waals surface area contributed by atoms with Gasteiger partial charge in [-0.05, 0) is 29.1 Å². The van der Waals surface area contributed by atoms with E-state index in [-0.39, 0.29) is 5.82 Å². The molecule has 1 aromatic carbocycles. The number of rotatable bonds is 1. The van der Waals surface area contributed by atoms with Gasteiger partial charge in [0.05, 0.1) is 0 Å². The van der Waals surface area contributed by atoms with Crippen LogP contribution in [-0.4, -0.2) is 9.97 Å². The standard InChI is InChI=1S/C14H10FN3/c15-10-3-1-9(2-4-10)12-8-18-14(16)13-7-17-6-5-11(12)13/h1-8H,(H2,16,18). The molecule has 0 aliphatic rings. The summed E-state index contributed by atoms with van der Waals surface area (Å²) in [7, 11) is 0. The number of fused-ring (bicyclic) bond motifs is 1. The predicted octanol–water partition coefficient (Wildman–Crippen LogP) is 3.02. The Morgan fingerprint density at radius 2 is 1.72 bits per heavy atom. The Hall–Kier alpha value is -2.49. The van der Waals surface area contributed by atoms with E-state index in [0.717, 1.165) is 21.9 Å². The van der Waals surface area contributed by atoms with Crippen molar-refractivity contribution in [2.24, 2.45) is 0 Å². The van der Waals surface area contributed by atoms with Crippen molar-refractivity contribution in [2.45, 2.75) is 0 Å². The third-order valence-electron chi connectivity index (χ3n) is 2.88. The molecule has 0 fully saturated rings. The fraction of sp³-hybridized carbons (Fsp3) is 0. The molecule has 2 N–H and O–H groups in total. The molecule has 2 heterocycles. The number of pyridine rings is 2. The van der Waals surface area contributed by atoms with Crippen LogP contribution in [0, 0.1) is 5.82 Å². The van der Waals surface area contributed by atoms with Gasteiger partial charge in [-0.25, -0.2) is 9.37 Å². The lowest BCUT2D eigenvalue weighted by Gasteiger charge is -2.07. The van der Waals surface area contributed by atoms with E-state index in [4.69, 9.17) is 5.73 Å². The SMILES string of the molecule is Nc1ncc(-c2ccc(F)cc2)c2ccncc12. The number of anilines is 1. The Morgan fingerprint density at radius 1 is 0.944 bits per heavy atom. The number of nitrogens with two attached hydrogens (primary N) is 1. The van der Waals surface area contributed by atoms with Crippen LogP contribution in [0.1, 0.15) is 0 Å². The van der Waals surface area contributed by atoms with Crippen LogP contribution < -0.4 is 5.73 Å². The maximum Gasteiger partial charge on any atom is 0.132 e. The van der Waals surface area contributed by atoms with Crippen LogP contribution >= 0.6 is 0 Å². The Labute approximate surface area is 103 Å². The first-order valence-electron chi connectivity index (χ1n) is 5.50. The molecule has 0 aliphatic carbocycles. The molecule has 3 rings (SSSR count). The van der Waals surface area contributed by atoms with Crippen LogP contribution in [-0.2, 0) is 0 Å². The summed E-state index contributed by atoms with van der Waals surface area (Å²) in [6.07, 6.45) is 5.09. The minimum atomic E-state index is -0.256. The van der Waals surface area contributed by atoms with Gasteiger partial charge in [-0.2, -0.15) is 0 Å². The quantitative estimate of drug-likeness (QED) is 0.710. The number of aromatic nitrogens is 2. The third kappa shape index (κ3) is 1.68. The minimum Gasteiger partial charge on any atom is -0.383 e. The average molecular weight is 239 g/mol. The fourth-order valence-electron chi connectivity index (χ4n) is 1.97. The molecule has 18 heavy (non-hydrogen) atoms. The second kappa shape index (κ2) is 4.07. The molecule has 0 saturated heterocycles. The molecule has 0 amide bonds. The highest BCUT2D eigenvalue weighted by Crippen LogP contribution is 2.29. The number of nitrogens with zero attached hydrogens (tertiary/aromatic N) is 2. The van der Waals surface area contributed by atoms with E-state index in [1.165, 1.54) is 12.1 Å². The summed E-state index contributed by atoms with van der Waals surface area (Å²) in [6.45, 7) is 0. The summed E-state index contributed by atoms with van der Waals surface area (Å²) >= 11 is 0. The highest BCUT2D eigenvalue weighted by molar-refractivity contribution is 6.00. The number of halogens is 1. The summed E-state index contributed by atoms with van der Waals surface area (Å²) in [5, 5.41) is 1.77. The maximum absolute atomic E-state index is 12.9. The fourth-order valence-corrected chi connectivity index (χ4v) is 1.97. The largest absolute Gasteiger partial charge is 0.383 e. The topological polar surface area (TPSA) is 51.8 Å². The van der Waals surface area contributed by atoms with Gasteiger partial charge in [0.1, 0.15) is 11.6 Å². The molecule has 0 bridgehead atoms. The van der Waals surface area contributed by atoms with Gasteiger partial charge < -0.3 is 5.73 Å². The molecule has 88 valence electrons. The first-order chi connectivity index (χ1) is 8.75. The van der Waals surface area contributed by atoms with Crippen molar-refractivity contribution in [2.75, 3.05) is 5.73 Å². The van der Waals surface area contributed by atoms with E-state index in [0.29, 0.717) is 5.82 Å². The number of hydrogen-bond donors (Lipinski definition) is 1. The van der Waals surface area contributed by atoms with E-state index >= 15 is 0 Å². The summed E-state index contributed by atoms with van der Waals surface area (Å²) in [6, 6.07) is 8.19. The molecular weight excluding hydrogens is 229 g/mol. The van der Waals surface area contributed by atoms with Gasteiger partial charge in [-0.1, -0.05) is 12.1 Å². The Balaban J connectivity index is 2.30. The van der Waals surface area contributed by atoms with E-state index in [9.17, 15) is 4.39 Å². The summed E-state index contributed by atoms with van der Waals surface area (Å²) in [5.41, 5.74) is 7.64. The lowest BCUT2D eigenvalue weighted by molar-refractivity contribution is 0.628. The predicted molar refractivity (Wildman–Crippen MR) is 69.3 cm³/mol. The van der Waals surface area contributed by atoms with Crippen molar-refractivity contribution in [3.05, 3.63) is 54.7 Å². The smallest absolute Gasteiger partial charge is 0.132 e. The zero-order chi connectivity index (χ0) is 12.5. The Bertz CT molecular complexity index is 708.